The summed E-state index contributed by atoms with van der Waals surface area (Å²) in [6.45, 7) is 2.20. The Morgan fingerprint density at radius 2 is 1.73 bits per heavy atom. The number of aromatic nitrogens is 2. The molecule has 1 aromatic heterocycles. The average molecular weight is 429 g/mol. The van der Waals surface area contributed by atoms with Gasteiger partial charge < -0.3 is 14.7 Å². The molecule has 0 fully saturated rings. The number of carbonyl (C=O) groups is 1. The third-order valence-electron chi connectivity index (χ3n) is 4.54. The largest absolute Gasteiger partial charge is 0.378 e. The highest BCUT2D eigenvalue weighted by molar-refractivity contribution is 7.91. The van der Waals surface area contributed by atoms with E-state index in [-0.39, 0.29) is 28.8 Å². The molecule has 2 aromatic carbocycles. The molecule has 1 N–H and O–H groups in total. The quantitative estimate of drug-likeness (QED) is 0.587. The molecule has 3 rings (SSSR count). The molecule has 0 radical (unpaired) electrons. The Bertz CT molecular complexity index is 1100. The van der Waals surface area contributed by atoms with Gasteiger partial charge in [0.1, 0.15) is 0 Å². The SMILES string of the molecule is Cc1ccc(S(=O)(=O)CCc2noc(C(=O)NCc3ccc(N(C)C)cc3)n2)cc1. The van der Waals surface area contributed by atoms with Crippen molar-refractivity contribution in [3.05, 3.63) is 71.4 Å². The van der Waals surface area contributed by atoms with Gasteiger partial charge in [-0.15, -0.1) is 0 Å². The summed E-state index contributed by atoms with van der Waals surface area (Å²) in [4.78, 5) is 18.5. The van der Waals surface area contributed by atoms with Crippen LogP contribution in [0.5, 0.6) is 0 Å². The van der Waals surface area contributed by atoms with Crippen LogP contribution in [0.3, 0.4) is 0 Å². The number of carbonyl (C=O) groups excluding carboxylic acids is 1. The van der Waals surface area contributed by atoms with Crippen LogP contribution < -0.4 is 10.2 Å². The zero-order chi connectivity index (χ0) is 21.7. The van der Waals surface area contributed by atoms with Gasteiger partial charge in [-0.25, -0.2) is 8.42 Å². The third kappa shape index (κ3) is 5.44. The maximum Gasteiger partial charge on any atom is 0.315 e. The molecule has 0 spiro atoms. The van der Waals surface area contributed by atoms with Crippen LogP contribution in [0.1, 0.15) is 27.6 Å². The van der Waals surface area contributed by atoms with Crippen LogP contribution in [-0.2, 0) is 22.8 Å². The molecule has 0 aliphatic heterocycles. The maximum atomic E-state index is 12.4. The zero-order valence-corrected chi connectivity index (χ0v) is 17.9. The lowest BCUT2D eigenvalue weighted by molar-refractivity contribution is 0.0907. The number of anilines is 1. The standard InChI is InChI=1S/C21H24N4O4S/c1-15-4-10-18(11-5-15)30(27,28)13-12-19-23-21(29-24-19)20(26)22-14-16-6-8-17(9-7-16)25(2)3/h4-11H,12-14H2,1-3H3,(H,22,26). The van der Waals surface area contributed by atoms with Crippen molar-refractivity contribution in [2.24, 2.45) is 0 Å². The Morgan fingerprint density at radius 1 is 1.07 bits per heavy atom. The van der Waals surface area contributed by atoms with Crippen LogP contribution in [0.4, 0.5) is 5.69 Å². The number of rotatable bonds is 8. The minimum atomic E-state index is -3.47. The zero-order valence-electron chi connectivity index (χ0n) is 17.1. The molecule has 8 nitrogen and oxygen atoms in total. The Hall–Kier alpha value is -3.20. The molecule has 158 valence electrons. The van der Waals surface area contributed by atoms with E-state index >= 15 is 0 Å². The monoisotopic (exact) mass is 428 g/mol. The lowest BCUT2D eigenvalue weighted by Gasteiger charge is -2.12. The van der Waals surface area contributed by atoms with E-state index < -0.39 is 15.7 Å². The van der Waals surface area contributed by atoms with Crippen molar-refractivity contribution >= 4 is 21.4 Å². The molecular formula is C21H24N4O4S. The molecule has 0 unspecified atom stereocenters. The van der Waals surface area contributed by atoms with E-state index in [4.69, 9.17) is 4.52 Å². The summed E-state index contributed by atoms with van der Waals surface area (Å²) in [6.07, 6.45) is 0.0546. The first-order chi connectivity index (χ1) is 14.2. The van der Waals surface area contributed by atoms with Crippen molar-refractivity contribution < 1.29 is 17.7 Å². The lowest BCUT2D eigenvalue weighted by atomic mass is 10.2. The first kappa shape index (κ1) is 21.5. The second-order valence-electron chi connectivity index (χ2n) is 7.14. The summed E-state index contributed by atoms with van der Waals surface area (Å²) in [6, 6.07) is 14.4. The van der Waals surface area contributed by atoms with E-state index in [0.29, 0.717) is 6.54 Å². The molecular weight excluding hydrogens is 404 g/mol. The molecule has 1 heterocycles. The fourth-order valence-corrected chi connectivity index (χ4v) is 3.94. The number of benzene rings is 2. The predicted molar refractivity (Wildman–Crippen MR) is 113 cm³/mol. The van der Waals surface area contributed by atoms with Gasteiger partial charge >= 0.3 is 11.8 Å². The van der Waals surface area contributed by atoms with E-state index in [0.717, 1.165) is 16.8 Å². The van der Waals surface area contributed by atoms with Crippen LogP contribution in [-0.4, -0.2) is 44.3 Å². The molecule has 1 amide bonds. The number of nitrogens with zero attached hydrogens (tertiary/aromatic N) is 3. The maximum absolute atomic E-state index is 12.4. The van der Waals surface area contributed by atoms with Gasteiger partial charge in [-0.3, -0.25) is 4.79 Å². The fraction of sp³-hybridized carbons (Fsp3) is 0.286. The highest BCUT2D eigenvalue weighted by atomic mass is 32.2. The van der Waals surface area contributed by atoms with Gasteiger partial charge in [-0.2, -0.15) is 4.98 Å². The Labute approximate surface area is 175 Å². The molecule has 9 heteroatoms. The van der Waals surface area contributed by atoms with Gasteiger partial charge in [0.25, 0.3) is 0 Å². The summed E-state index contributed by atoms with van der Waals surface area (Å²) >= 11 is 0. The van der Waals surface area contributed by atoms with E-state index in [1.54, 1.807) is 24.3 Å². The van der Waals surface area contributed by atoms with Crippen molar-refractivity contribution in [1.29, 1.82) is 0 Å². The molecule has 30 heavy (non-hydrogen) atoms. The van der Waals surface area contributed by atoms with E-state index in [1.807, 2.05) is 50.2 Å². The third-order valence-corrected chi connectivity index (χ3v) is 6.27. The number of amides is 1. The average Bonchev–Trinajstić information content (AvgIpc) is 3.20. The summed E-state index contributed by atoms with van der Waals surface area (Å²) < 4.78 is 29.8. The summed E-state index contributed by atoms with van der Waals surface area (Å²) in [7, 11) is 0.441. The first-order valence-corrected chi connectivity index (χ1v) is 11.1. The van der Waals surface area contributed by atoms with Crippen LogP contribution in [0.25, 0.3) is 0 Å². The van der Waals surface area contributed by atoms with Crippen molar-refractivity contribution in [2.75, 3.05) is 24.7 Å². The van der Waals surface area contributed by atoms with E-state index in [2.05, 4.69) is 15.5 Å². The summed E-state index contributed by atoms with van der Waals surface area (Å²) in [5.74, 6) is -0.699. The molecule has 0 saturated heterocycles. The molecule has 3 aromatic rings. The number of hydrogen-bond acceptors (Lipinski definition) is 7. The van der Waals surface area contributed by atoms with Gasteiger partial charge in [0, 0.05) is 32.7 Å². The number of nitrogens with one attached hydrogen (secondary N) is 1. The number of sulfone groups is 1. The van der Waals surface area contributed by atoms with Crippen molar-refractivity contribution in [3.8, 4) is 0 Å². The van der Waals surface area contributed by atoms with Crippen LogP contribution in [0.2, 0.25) is 0 Å². The van der Waals surface area contributed by atoms with E-state index in [1.165, 1.54) is 0 Å². The van der Waals surface area contributed by atoms with Crippen LogP contribution >= 0.6 is 0 Å². The highest BCUT2D eigenvalue weighted by Gasteiger charge is 2.19. The van der Waals surface area contributed by atoms with Gasteiger partial charge in [0.05, 0.1) is 10.6 Å². The minimum Gasteiger partial charge on any atom is -0.378 e. The van der Waals surface area contributed by atoms with Crippen molar-refractivity contribution in [3.63, 3.8) is 0 Å². The smallest absolute Gasteiger partial charge is 0.315 e. The summed E-state index contributed by atoms with van der Waals surface area (Å²) in [5, 5.41) is 6.43. The van der Waals surface area contributed by atoms with Crippen molar-refractivity contribution in [1.82, 2.24) is 15.5 Å². The molecule has 0 aliphatic rings. The highest BCUT2D eigenvalue weighted by Crippen LogP contribution is 2.14. The Kier molecular flexibility index (Phi) is 6.51. The normalized spacial score (nSPS) is 11.3. The van der Waals surface area contributed by atoms with E-state index in [9.17, 15) is 13.2 Å². The molecule has 0 saturated carbocycles. The van der Waals surface area contributed by atoms with Crippen LogP contribution in [0.15, 0.2) is 57.9 Å². The van der Waals surface area contributed by atoms with Crippen molar-refractivity contribution in [2.45, 2.75) is 24.8 Å². The Balaban J connectivity index is 1.55. The predicted octanol–water partition coefficient (Wildman–Crippen LogP) is 2.39. The Morgan fingerprint density at radius 3 is 2.37 bits per heavy atom. The second kappa shape index (κ2) is 9.08. The number of aryl methyl sites for hydroxylation is 2. The number of hydrogen-bond donors (Lipinski definition) is 1. The molecule has 0 atom stereocenters. The van der Waals surface area contributed by atoms with Gasteiger partial charge in [0.15, 0.2) is 15.7 Å². The van der Waals surface area contributed by atoms with Gasteiger partial charge in [-0.05, 0) is 36.8 Å². The fourth-order valence-electron chi connectivity index (χ4n) is 2.71. The minimum absolute atomic E-state index is 0.0546. The second-order valence-corrected chi connectivity index (χ2v) is 9.25. The molecule has 0 bridgehead atoms. The topological polar surface area (TPSA) is 105 Å². The summed E-state index contributed by atoms with van der Waals surface area (Å²) in [5.41, 5.74) is 2.97. The first-order valence-electron chi connectivity index (χ1n) is 9.41. The lowest BCUT2D eigenvalue weighted by Crippen LogP contribution is -2.23. The van der Waals surface area contributed by atoms with Gasteiger partial charge in [0.2, 0.25) is 0 Å². The van der Waals surface area contributed by atoms with Crippen LogP contribution in [0, 0.1) is 6.92 Å². The molecule has 0 aliphatic carbocycles. The van der Waals surface area contributed by atoms with Gasteiger partial charge in [-0.1, -0.05) is 35.0 Å².